The van der Waals surface area contributed by atoms with Crippen molar-refractivity contribution >= 4 is 22.9 Å². The van der Waals surface area contributed by atoms with Crippen LogP contribution in [0.15, 0.2) is 72.5 Å². The van der Waals surface area contributed by atoms with E-state index in [1.54, 1.807) is 12.1 Å². The number of amidine groups is 1. The van der Waals surface area contributed by atoms with Crippen LogP contribution < -0.4 is 27.0 Å². The molecule has 38 heavy (non-hydrogen) atoms. The summed E-state index contributed by atoms with van der Waals surface area (Å²) in [5, 5.41) is 37.9. The number of nitrogens with two attached hydrogens (primary N) is 3. The van der Waals surface area contributed by atoms with Gasteiger partial charge in [-0.2, -0.15) is 15.8 Å². The van der Waals surface area contributed by atoms with E-state index in [0.29, 0.717) is 68.8 Å². The highest BCUT2D eigenvalue weighted by Gasteiger charge is 2.13. The summed E-state index contributed by atoms with van der Waals surface area (Å²) in [6, 6.07) is 21.2. The molecule has 0 aliphatic carbocycles. The molecule has 0 atom stereocenters. The first-order valence-electron chi connectivity index (χ1n) is 11.9. The zero-order valence-electron chi connectivity index (χ0n) is 21.6. The first-order chi connectivity index (χ1) is 18.3. The minimum absolute atomic E-state index is 0.177. The Balaban J connectivity index is 0.000000389. The maximum absolute atomic E-state index is 9.01. The predicted octanol–water partition coefficient (Wildman–Crippen LogP) is 3.61. The number of nitriles is 3. The van der Waals surface area contributed by atoms with Crippen molar-refractivity contribution in [1.82, 2.24) is 0 Å². The normalized spacial score (nSPS) is 10.1. The lowest BCUT2D eigenvalue weighted by Crippen LogP contribution is -2.30. The molecule has 0 aromatic heterocycles. The Labute approximate surface area is 224 Å². The Bertz CT molecular complexity index is 1200. The van der Waals surface area contributed by atoms with E-state index in [1.165, 1.54) is 0 Å². The van der Waals surface area contributed by atoms with Gasteiger partial charge in [0.15, 0.2) is 0 Å². The molecule has 2 rings (SSSR count). The Morgan fingerprint density at radius 1 is 0.789 bits per heavy atom. The summed E-state index contributed by atoms with van der Waals surface area (Å²) < 4.78 is 0. The van der Waals surface area contributed by atoms with Gasteiger partial charge in [0.25, 0.3) is 0 Å². The molecule has 0 unspecified atom stereocenters. The van der Waals surface area contributed by atoms with Crippen LogP contribution in [0.3, 0.4) is 0 Å². The second-order valence-electron chi connectivity index (χ2n) is 8.21. The van der Waals surface area contributed by atoms with Crippen LogP contribution in [0.4, 0.5) is 11.4 Å². The predicted molar refractivity (Wildman–Crippen MR) is 152 cm³/mol. The smallest absolute Gasteiger partial charge is 0.140 e. The van der Waals surface area contributed by atoms with Crippen LogP contribution in [0.25, 0.3) is 5.70 Å². The van der Waals surface area contributed by atoms with E-state index >= 15 is 0 Å². The summed E-state index contributed by atoms with van der Waals surface area (Å²) in [7, 11) is 0. The summed E-state index contributed by atoms with van der Waals surface area (Å²) >= 11 is 0. The third kappa shape index (κ3) is 10.6. The van der Waals surface area contributed by atoms with E-state index in [0.717, 1.165) is 16.9 Å². The van der Waals surface area contributed by atoms with Crippen molar-refractivity contribution in [2.75, 3.05) is 36.0 Å². The topological polar surface area (TPSA) is 188 Å². The largest absolute Gasteiger partial charge is 0.409 e. The summed E-state index contributed by atoms with van der Waals surface area (Å²) in [4.78, 5) is 3.98. The van der Waals surface area contributed by atoms with Crippen molar-refractivity contribution < 1.29 is 5.21 Å². The fourth-order valence-corrected chi connectivity index (χ4v) is 3.52. The molecule has 0 fully saturated rings. The number of hydrogen-bond donors (Lipinski definition) is 4. The fraction of sp³-hybridized carbons (Fsp3) is 0.286. The zero-order valence-corrected chi connectivity index (χ0v) is 21.6. The van der Waals surface area contributed by atoms with Crippen molar-refractivity contribution in [3.63, 3.8) is 0 Å². The summed E-state index contributed by atoms with van der Waals surface area (Å²) in [5.74, 6) is 0.177. The molecular weight excluding hydrogens is 478 g/mol. The first kappa shape index (κ1) is 30.9. The summed E-state index contributed by atoms with van der Waals surface area (Å²) in [6.07, 6.45) is 1.83. The molecule has 7 N–H and O–H groups in total. The molecule has 0 radical (unpaired) electrons. The van der Waals surface area contributed by atoms with Gasteiger partial charge in [-0.05, 0) is 18.2 Å². The molecule has 0 heterocycles. The summed E-state index contributed by atoms with van der Waals surface area (Å²) in [6.45, 7) is 9.82. The molecule has 0 amide bonds. The van der Waals surface area contributed by atoms with Gasteiger partial charge in [-0.3, -0.25) is 0 Å². The van der Waals surface area contributed by atoms with Gasteiger partial charge in [0.2, 0.25) is 0 Å². The van der Waals surface area contributed by atoms with Gasteiger partial charge in [0.1, 0.15) is 11.9 Å². The number of hydrogen-bond acceptors (Lipinski definition) is 9. The van der Waals surface area contributed by atoms with Gasteiger partial charge in [-0.25, -0.2) is 0 Å². The highest BCUT2D eigenvalue weighted by atomic mass is 16.4. The van der Waals surface area contributed by atoms with Crippen molar-refractivity contribution in [2.24, 2.45) is 22.4 Å². The quantitative estimate of drug-likeness (QED) is 0.134. The molecule has 0 saturated heterocycles. The molecular formula is C28H35N9O. The number of oxime groups is 1. The van der Waals surface area contributed by atoms with E-state index in [2.05, 4.69) is 41.4 Å². The monoisotopic (exact) mass is 513 g/mol. The van der Waals surface area contributed by atoms with Crippen molar-refractivity contribution in [3.05, 3.63) is 78.5 Å². The van der Waals surface area contributed by atoms with Crippen LogP contribution in [0.5, 0.6) is 0 Å². The first-order valence-corrected chi connectivity index (χ1v) is 11.9. The average molecular weight is 514 g/mol. The number of anilines is 2. The average Bonchev–Trinajstić information content (AvgIpc) is 2.93. The molecule has 2 aromatic carbocycles. The van der Waals surface area contributed by atoms with Crippen LogP contribution in [0.1, 0.15) is 36.8 Å². The third-order valence-corrected chi connectivity index (χ3v) is 5.41. The van der Waals surface area contributed by atoms with Gasteiger partial charge in [-0.15, -0.1) is 0 Å². The third-order valence-electron chi connectivity index (χ3n) is 5.41. The van der Waals surface area contributed by atoms with E-state index < -0.39 is 0 Å². The number of benzene rings is 2. The number of rotatable bonds is 13. The van der Waals surface area contributed by atoms with E-state index in [-0.39, 0.29) is 5.84 Å². The lowest BCUT2D eigenvalue weighted by molar-refractivity contribution is 0.317. The van der Waals surface area contributed by atoms with Crippen LogP contribution in [-0.2, 0) is 0 Å². The molecule has 0 aliphatic rings. The molecule has 0 bridgehead atoms. The standard InChI is InChI=1S/C15H23N5O.C13H12N4/c1-11(16)7-9-20(10-8-15(18)19-21)14-6-4-3-5-13(14)12(2)17;14-7-3-9-17(10-4-8-15)13-6-2-1-5-12(13)11-16/h3-6,21H,1-2,7-10,16-17H2,(H2,18,19);1-2,5-6H,3-4,9-10H2. The molecule has 10 heteroatoms. The van der Waals surface area contributed by atoms with Crippen LogP contribution in [0, 0.1) is 34.0 Å². The van der Waals surface area contributed by atoms with Crippen LogP contribution in [-0.4, -0.2) is 37.2 Å². The summed E-state index contributed by atoms with van der Waals surface area (Å²) in [5.41, 5.74) is 21.3. The highest BCUT2D eigenvalue weighted by molar-refractivity contribution is 5.80. The Kier molecular flexibility index (Phi) is 14.1. The number of para-hydroxylation sites is 2. The lowest BCUT2D eigenvalue weighted by atomic mass is 10.1. The van der Waals surface area contributed by atoms with Gasteiger partial charge in [-0.1, -0.05) is 48.6 Å². The van der Waals surface area contributed by atoms with Crippen LogP contribution >= 0.6 is 0 Å². The van der Waals surface area contributed by atoms with Crippen molar-refractivity contribution in [3.8, 4) is 18.2 Å². The van der Waals surface area contributed by atoms with E-state index in [9.17, 15) is 0 Å². The second kappa shape index (κ2) is 17.3. The van der Waals surface area contributed by atoms with E-state index in [4.69, 9.17) is 38.2 Å². The minimum atomic E-state index is 0.177. The van der Waals surface area contributed by atoms with Crippen molar-refractivity contribution in [2.45, 2.75) is 25.7 Å². The van der Waals surface area contributed by atoms with E-state index in [1.807, 2.05) is 41.3 Å². The molecule has 0 aliphatic heterocycles. The van der Waals surface area contributed by atoms with Gasteiger partial charge in [0, 0.05) is 61.7 Å². The highest BCUT2D eigenvalue weighted by Crippen LogP contribution is 2.25. The molecule has 0 spiro atoms. The van der Waals surface area contributed by atoms with Gasteiger partial charge >= 0.3 is 0 Å². The van der Waals surface area contributed by atoms with Gasteiger partial charge in [0.05, 0.1) is 36.2 Å². The maximum Gasteiger partial charge on any atom is 0.140 e. The SMILES string of the molecule is C=C(N)CCN(CC/C(N)=N/O)c1ccccc1C(=C)N.N#CCCN(CCC#N)c1ccccc1C#N. The second-order valence-corrected chi connectivity index (χ2v) is 8.21. The minimum Gasteiger partial charge on any atom is -0.409 e. The fourth-order valence-electron chi connectivity index (χ4n) is 3.52. The van der Waals surface area contributed by atoms with Gasteiger partial charge < -0.3 is 32.2 Å². The number of nitrogens with zero attached hydrogens (tertiary/aromatic N) is 6. The Morgan fingerprint density at radius 3 is 1.84 bits per heavy atom. The molecule has 0 saturated carbocycles. The lowest BCUT2D eigenvalue weighted by Gasteiger charge is -2.27. The molecule has 198 valence electrons. The molecule has 2 aromatic rings. The maximum atomic E-state index is 9.01. The Hall–Kier alpha value is -5.14. The van der Waals surface area contributed by atoms with Crippen molar-refractivity contribution in [1.29, 1.82) is 15.8 Å². The zero-order chi connectivity index (χ0) is 28.3. The van der Waals surface area contributed by atoms with Crippen LogP contribution in [0.2, 0.25) is 0 Å². The Morgan fingerprint density at radius 2 is 1.32 bits per heavy atom. The molecule has 10 nitrogen and oxygen atoms in total.